The molecule has 0 spiro atoms. The van der Waals surface area contributed by atoms with Gasteiger partial charge >= 0.3 is 0 Å². The van der Waals surface area contributed by atoms with Gasteiger partial charge in [-0.3, -0.25) is 4.79 Å². The van der Waals surface area contributed by atoms with Crippen LogP contribution in [0.1, 0.15) is 42.6 Å². The summed E-state index contributed by atoms with van der Waals surface area (Å²) in [6.07, 6.45) is 3.62. The van der Waals surface area contributed by atoms with Crippen molar-refractivity contribution < 1.29 is 9.18 Å². The van der Waals surface area contributed by atoms with Gasteiger partial charge in [0.25, 0.3) is 5.91 Å². The lowest BCUT2D eigenvalue weighted by atomic mass is 9.94. The first-order valence-electron chi connectivity index (χ1n) is 9.29. The lowest BCUT2D eigenvalue weighted by Crippen LogP contribution is -2.37. The van der Waals surface area contributed by atoms with E-state index in [0.717, 1.165) is 30.8 Å². The number of benzene rings is 1. The van der Waals surface area contributed by atoms with E-state index in [-0.39, 0.29) is 22.7 Å². The molecule has 2 aromatic rings. The van der Waals surface area contributed by atoms with Gasteiger partial charge in [0.05, 0.1) is 11.7 Å². The molecule has 1 amide bonds. The van der Waals surface area contributed by atoms with Crippen molar-refractivity contribution in [1.82, 2.24) is 14.7 Å². The van der Waals surface area contributed by atoms with Gasteiger partial charge in [0.2, 0.25) is 0 Å². The minimum atomic E-state index is -0.194. The standard InChI is InChI=1S/C20H23FN4O/c1-19(2)7-8-22-17-14(10-23-25(17)19)18(26)24-11-13-9-20(13,12-24)15-5-3-4-6-16(15)21/h3-6,10,13,22H,7-9,11-12H2,1-2H3. The molecular weight excluding hydrogens is 331 g/mol. The maximum absolute atomic E-state index is 14.3. The van der Waals surface area contributed by atoms with Crippen molar-refractivity contribution in [2.45, 2.75) is 37.6 Å². The van der Waals surface area contributed by atoms with Gasteiger partial charge < -0.3 is 10.2 Å². The minimum Gasteiger partial charge on any atom is -0.370 e. The number of carbonyl (C=O) groups excluding carboxylic acids is 1. The first-order chi connectivity index (χ1) is 12.4. The Morgan fingerprint density at radius 3 is 2.96 bits per heavy atom. The SMILES string of the molecule is CC1(C)CCNc2c(C(=O)N3CC4CC4(c4ccccc4F)C3)cnn21. The molecule has 0 bridgehead atoms. The summed E-state index contributed by atoms with van der Waals surface area (Å²) in [6.45, 7) is 6.39. The maximum atomic E-state index is 14.3. The molecule has 2 unspecified atom stereocenters. The van der Waals surface area contributed by atoms with Gasteiger partial charge in [-0.1, -0.05) is 18.2 Å². The van der Waals surface area contributed by atoms with Gasteiger partial charge in [-0.05, 0) is 44.2 Å². The predicted octanol–water partition coefficient (Wildman–Crippen LogP) is 2.99. The van der Waals surface area contributed by atoms with Crippen molar-refractivity contribution in [3.8, 4) is 0 Å². The molecular formula is C20H23FN4O. The fourth-order valence-electron chi connectivity index (χ4n) is 4.82. The summed E-state index contributed by atoms with van der Waals surface area (Å²) < 4.78 is 16.2. The molecule has 26 heavy (non-hydrogen) atoms. The second-order valence-electron chi connectivity index (χ2n) is 8.53. The number of halogens is 1. The lowest BCUT2D eigenvalue weighted by Gasteiger charge is -2.33. The number of aromatic nitrogens is 2. The Morgan fingerprint density at radius 1 is 1.35 bits per heavy atom. The summed E-state index contributed by atoms with van der Waals surface area (Å²) in [4.78, 5) is 15.0. The highest BCUT2D eigenvalue weighted by molar-refractivity contribution is 5.99. The second-order valence-corrected chi connectivity index (χ2v) is 8.53. The highest BCUT2D eigenvalue weighted by atomic mass is 19.1. The average Bonchev–Trinajstić information content (AvgIpc) is 2.97. The summed E-state index contributed by atoms with van der Waals surface area (Å²) in [5.74, 6) is 1.01. The van der Waals surface area contributed by atoms with Crippen LogP contribution in [-0.2, 0) is 11.0 Å². The molecule has 0 radical (unpaired) electrons. The molecule has 1 aromatic carbocycles. The molecule has 3 aliphatic rings. The van der Waals surface area contributed by atoms with Crippen molar-refractivity contribution in [1.29, 1.82) is 0 Å². The van der Waals surface area contributed by atoms with Crippen LogP contribution in [0.25, 0.3) is 0 Å². The van der Waals surface area contributed by atoms with Crippen LogP contribution in [-0.4, -0.2) is 40.2 Å². The Hall–Kier alpha value is -2.37. The van der Waals surface area contributed by atoms with E-state index in [0.29, 0.717) is 24.6 Å². The van der Waals surface area contributed by atoms with Crippen LogP contribution < -0.4 is 5.32 Å². The Balaban J connectivity index is 1.43. The van der Waals surface area contributed by atoms with E-state index < -0.39 is 0 Å². The predicted molar refractivity (Wildman–Crippen MR) is 96.7 cm³/mol. The zero-order chi connectivity index (χ0) is 18.1. The third-order valence-electron chi connectivity index (χ3n) is 6.45. The molecule has 136 valence electrons. The van der Waals surface area contributed by atoms with E-state index >= 15 is 0 Å². The van der Waals surface area contributed by atoms with Crippen molar-refractivity contribution in [2.24, 2.45) is 5.92 Å². The van der Waals surface area contributed by atoms with Crippen molar-refractivity contribution in [2.75, 3.05) is 25.0 Å². The van der Waals surface area contributed by atoms with E-state index in [9.17, 15) is 9.18 Å². The van der Waals surface area contributed by atoms with Gasteiger partial charge in [-0.2, -0.15) is 5.10 Å². The summed E-state index contributed by atoms with van der Waals surface area (Å²) in [5.41, 5.74) is 1.10. The Morgan fingerprint density at radius 2 is 2.15 bits per heavy atom. The zero-order valence-electron chi connectivity index (χ0n) is 15.1. The molecule has 2 fully saturated rings. The molecule has 5 nitrogen and oxygen atoms in total. The highest BCUT2D eigenvalue weighted by Crippen LogP contribution is 2.59. The Labute approximate surface area is 152 Å². The smallest absolute Gasteiger partial charge is 0.259 e. The quantitative estimate of drug-likeness (QED) is 0.902. The minimum absolute atomic E-state index is 0.000589. The van der Waals surface area contributed by atoms with E-state index in [1.807, 2.05) is 21.7 Å². The third-order valence-corrected chi connectivity index (χ3v) is 6.45. The van der Waals surface area contributed by atoms with Crippen LogP contribution in [0.2, 0.25) is 0 Å². The van der Waals surface area contributed by atoms with Crippen LogP contribution in [0.3, 0.4) is 0 Å². The van der Waals surface area contributed by atoms with Gasteiger partial charge in [0.15, 0.2) is 0 Å². The number of likely N-dealkylation sites (tertiary alicyclic amines) is 1. The Kier molecular flexibility index (Phi) is 3.10. The summed E-state index contributed by atoms with van der Waals surface area (Å²) >= 11 is 0. The molecule has 6 heteroatoms. The third kappa shape index (κ3) is 2.07. The molecule has 2 aliphatic heterocycles. The van der Waals surface area contributed by atoms with E-state index in [1.165, 1.54) is 6.07 Å². The zero-order valence-corrected chi connectivity index (χ0v) is 15.1. The highest BCUT2D eigenvalue weighted by Gasteiger charge is 2.62. The number of amides is 1. The van der Waals surface area contributed by atoms with Crippen LogP contribution in [0.15, 0.2) is 30.5 Å². The van der Waals surface area contributed by atoms with Gasteiger partial charge in [-0.15, -0.1) is 0 Å². The van der Waals surface area contributed by atoms with E-state index in [1.54, 1.807) is 12.3 Å². The molecule has 1 aliphatic carbocycles. The number of rotatable bonds is 2. The molecule has 1 N–H and O–H groups in total. The van der Waals surface area contributed by atoms with Crippen molar-refractivity contribution in [3.05, 3.63) is 47.4 Å². The average molecular weight is 354 g/mol. The van der Waals surface area contributed by atoms with Crippen LogP contribution in [0.5, 0.6) is 0 Å². The fraction of sp³-hybridized carbons (Fsp3) is 0.500. The molecule has 3 heterocycles. The number of carbonyl (C=O) groups is 1. The van der Waals surface area contributed by atoms with Crippen molar-refractivity contribution >= 4 is 11.7 Å². The number of nitrogens with zero attached hydrogens (tertiary/aromatic N) is 3. The topological polar surface area (TPSA) is 50.2 Å². The van der Waals surface area contributed by atoms with Gasteiger partial charge in [-0.25, -0.2) is 9.07 Å². The van der Waals surface area contributed by atoms with Crippen LogP contribution in [0, 0.1) is 11.7 Å². The number of anilines is 1. The van der Waals surface area contributed by atoms with Gasteiger partial charge in [0.1, 0.15) is 17.2 Å². The fourth-order valence-corrected chi connectivity index (χ4v) is 4.82. The molecule has 1 saturated heterocycles. The lowest BCUT2D eigenvalue weighted by molar-refractivity contribution is 0.0772. The van der Waals surface area contributed by atoms with Crippen LogP contribution >= 0.6 is 0 Å². The first kappa shape index (κ1) is 15.9. The summed E-state index contributed by atoms with van der Waals surface area (Å²) in [5, 5.41) is 7.81. The number of nitrogens with one attached hydrogen (secondary N) is 1. The first-order valence-corrected chi connectivity index (χ1v) is 9.29. The molecule has 1 saturated carbocycles. The number of piperidine rings is 1. The number of fused-ring (bicyclic) bond motifs is 2. The molecule has 2 atom stereocenters. The van der Waals surface area contributed by atoms with Crippen LogP contribution in [0.4, 0.5) is 10.2 Å². The van der Waals surface area contributed by atoms with Gasteiger partial charge in [0, 0.05) is 25.0 Å². The largest absolute Gasteiger partial charge is 0.370 e. The summed E-state index contributed by atoms with van der Waals surface area (Å²) in [7, 11) is 0. The number of hydrogen-bond donors (Lipinski definition) is 1. The monoisotopic (exact) mass is 354 g/mol. The maximum Gasteiger partial charge on any atom is 0.259 e. The number of hydrogen-bond acceptors (Lipinski definition) is 3. The van der Waals surface area contributed by atoms with Crippen molar-refractivity contribution in [3.63, 3.8) is 0 Å². The van der Waals surface area contributed by atoms with E-state index in [4.69, 9.17) is 0 Å². The normalized spacial score (nSPS) is 28.3. The summed E-state index contributed by atoms with van der Waals surface area (Å²) in [6, 6.07) is 6.99. The second kappa shape index (κ2) is 5.09. The molecule has 1 aromatic heterocycles. The van der Waals surface area contributed by atoms with E-state index in [2.05, 4.69) is 24.3 Å². The molecule has 5 rings (SSSR count). The Bertz CT molecular complexity index is 905.